The van der Waals surface area contributed by atoms with Crippen LogP contribution in [0.3, 0.4) is 0 Å². The van der Waals surface area contributed by atoms with Crippen molar-refractivity contribution in [2.24, 2.45) is 0 Å². The highest BCUT2D eigenvalue weighted by Crippen LogP contribution is 2.44. The molecule has 0 bridgehead atoms. The van der Waals surface area contributed by atoms with Gasteiger partial charge in [-0.3, -0.25) is 15.0 Å². The maximum atomic E-state index is 13.3. The number of aliphatic carboxylic acids is 1. The predicted octanol–water partition coefficient (Wildman–Crippen LogP) is 5.07. The number of para-hydroxylation sites is 2. The Hall–Kier alpha value is -2.12. The molecule has 0 fully saturated rings. The van der Waals surface area contributed by atoms with E-state index in [-0.39, 0.29) is 5.91 Å². The summed E-state index contributed by atoms with van der Waals surface area (Å²) in [5.41, 5.74) is 4.66. The van der Waals surface area contributed by atoms with Gasteiger partial charge < -0.3 is 5.11 Å². The van der Waals surface area contributed by atoms with Crippen molar-refractivity contribution in [2.75, 3.05) is 10.4 Å². The summed E-state index contributed by atoms with van der Waals surface area (Å²) in [7, 11) is 2.44. The molecule has 0 radical (unpaired) electrons. The van der Waals surface area contributed by atoms with Crippen LogP contribution in [0.4, 0.5) is 11.4 Å². The Kier molecular flexibility index (Phi) is 6.84. The number of nitrogens with one attached hydrogen (secondary N) is 1. The lowest BCUT2D eigenvalue weighted by Crippen LogP contribution is -2.46. The van der Waals surface area contributed by atoms with Crippen molar-refractivity contribution in [1.29, 1.82) is 0 Å². The van der Waals surface area contributed by atoms with Gasteiger partial charge in [0.05, 0.1) is 11.4 Å². The maximum absolute atomic E-state index is 13.3. The number of hydrazine groups is 1. The molecule has 0 aliphatic heterocycles. The van der Waals surface area contributed by atoms with E-state index >= 15 is 0 Å². The SMILES string of the molecule is CC(C)(SSC(C)(C)C(=O)N(Nc1ccccc1)c1ccccc1)C(=O)O. The van der Waals surface area contributed by atoms with Gasteiger partial charge in [0.15, 0.2) is 0 Å². The molecule has 0 spiro atoms. The van der Waals surface area contributed by atoms with Gasteiger partial charge in [-0.05, 0) is 52.0 Å². The standard InChI is InChI=1S/C20H24N2O3S2/c1-19(2,26-27-20(3,4)18(24)25)17(23)22(16-13-9-6-10-14-16)21-15-11-7-5-8-12-15/h5-14,21H,1-4H3,(H,24,25). The monoisotopic (exact) mass is 404 g/mol. The van der Waals surface area contributed by atoms with Gasteiger partial charge in [-0.25, -0.2) is 5.01 Å². The second-order valence-corrected chi connectivity index (χ2v) is 10.3. The smallest absolute Gasteiger partial charge is 0.320 e. The van der Waals surface area contributed by atoms with E-state index in [2.05, 4.69) is 5.43 Å². The summed E-state index contributed by atoms with van der Waals surface area (Å²) >= 11 is 0. The lowest BCUT2D eigenvalue weighted by Gasteiger charge is -2.33. The van der Waals surface area contributed by atoms with Crippen LogP contribution in [0.5, 0.6) is 0 Å². The van der Waals surface area contributed by atoms with Gasteiger partial charge in [-0.1, -0.05) is 58.0 Å². The van der Waals surface area contributed by atoms with Gasteiger partial charge >= 0.3 is 5.97 Å². The molecule has 2 N–H and O–H groups in total. The van der Waals surface area contributed by atoms with Crippen molar-refractivity contribution in [1.82, 2.24) is 0 Å². The summed E-state index contributed by atoms with van der Waals surface area (Å²) in [5.74, 6) is -1.08. The third-order valence-electron chi connectivity index (χ3n) is 3.72. The van der Waals surface area contributed by atoms with E-state index in [1.54, 1.807) is 27.7 Å². The Labute approximate surface area is 167 Å². The Morgan fingerprint density at radius 2 is 1.33 bits per heavy atom. The van der Waals surface area contributed by atoms with E-state index < -0.39 is 15.5 Å². The molecule has 0 aliphatic carbocycles. The average Bonchev–Trinajstić information content (AvgIpc) is 2.65. The zero-order valence-electron chi connectivity index (χ0n) is 15.8. The van der Waals surface area contributed by atoms with Gasteiger partial charge in [0.2, 0.25) is 0 Å². The largest absolute Gasteiger partial charge is 0.480 e. The van der Waals surface area contributed by atoms with E-state index in [1.165, 1.54) is 26.6 Å². The molecule has 7 heteroatoms. The first-order chi connectivity index (χ1) is 12.6. The summed E-state index contributed by atoms with van der Waals surface area (Å²) < 4.78 is -1.85. The van der Waals surface area contributed by atoms with Gasteiger partial charge in [-0.15, -0.1) is 0 Å². The van der Waals surface area contributed by atoms with Gasteiger partial charge in [-0.2, -0.15) is 0 Å². The van der Waals surface area contributed by atoms with Gasteiger partial charge in [0.1, 0.15) is 9.49 Å². The van der Waals surface area contributed by atoms with Crippen LogP contribution in [-0.2, 0) is 9.59 Å². The molecule has 5 nitrogen and oxygen atoms in total. The first-order valence-corrected chi connectivity index (χ1v) is 10.6. The summed E-state index contributed by atoms with van der Waals surface area (Å²) in [5, 5.41) is 10.8. The third kappa shape index (κ3) is 5.68. The molecule has 2 rings (SSSR count). The molecule has 2 aromatic rings. The fraction of sp³-hybridized carbons (Fsp3) is 0.300. The Morgan fingerprint density at radius 3 is 1.85 bits per heavy atom. The minimum absolute atomic E-state index is 0.170. The van der Waals surface area contributed by atoms with Crippen LogP contribution in [0.25, 0.3) is 0 Å². The van der Waals surface area contributed by atoms with Crippen molar-refractivity contribution in [3.8, 4) is 0 Å². The first-order valence-electron chi connectivity index (χ1n) is 8.45. The van der Waals surface area contributed by atoms with Crippen molar-refractivity contribution in [2.45, 2.75) is 37.2 Å². The number of benzene rings is 2. The number of carboxylic acids is 1. The van der Waals surface area contributed by atoms with Crippen molar-refractivity contribution >= 4 is 44.8 Å². The van der Waals surface area contributed by atoms with E-state index in [1.807, 2.05) is 60.7 Å². The number of nitrogens with zero attached hydrogens (tertiary/aromatic N) is 1. The molecule has 0 saturated heterocycles. The van der Waals surface area contributed by atoms with Crippen molar-refractivity contribution in [3.05, 3.63) is 60.7 Å². The van der Waals surface area contributed by atoms with E-state index in [4.69, 9.17) is 0 Å². The quantitative estimate of drug-likeness (QED) is 0.473. The molecule has 0 atom stereocenters. The van der Waals surface area contributed by atoms with E-state index in [0.29, 0.717) is 5.69 Å². The van der Waals surface area contributed by atoms with Crippen LogP contribution in [0, 0.1) is 0 Å². The highest BCUT2D eigenvalue weighted by molar-refractivity contribution is 8.78. The summed E-state index contributed by atoms with van der Waals surface area (Å²) in [4.78, 5) is 24.7. The van der Waals surface area contributed by atoms with Crippen molar-refractivity contribution < 1.29 is 14.7 Å². The average molecular weight is 405 g/mol. The summed E-state index contributed by atoms with van der Waals surface area (Å²) in [6.45, 7) is 6.86. The lowest BCUT2D eigenvalue weighted by molar-refractivity contribution is -0.138. The highest BCUT2D eigenvalue weighted by atomic mass is 33.1. The lowest BCUT2D eigenvalue weighted by atomic mass is 10.1. The third-order valence-corrected chi connectivity index (χ3v) is 7.74. The number of carboxylic acid groups (broad SMARTS) is 1. The molecule has 27 heavy (non-hydrogen) atoms. The molecular formula is C20H24N2O3S2. The number of carbonyl (C=O) groups excluding carboxylic acids is 1. The molecule has 0 heterocycles. The van der Waals surface area contributed by atoms with Crippen LogP contribution < -0.4 is 10.4 Å². The van der Waals surface area contributed by atoms with Crippen LogP contribution in [-0.4, -0.2) is 26.5 Å². The Morgan fingerprint density at radius 1 is 0.852 bits per heavy atom. The number of anilines is 2. The van der Waals surface area contributed by atoms with Crippen LogP contribution in [0.1, 0.15) is 27.7 Å². The number of carbonyl (C=O) groups is 2. The fourth-order valence-corrected chi connectivity index (χ4v) is 4.33. The topological polar surface area (TPSA) is 69.6 Å². The number of amides is 1. The minimum Gasteiger partial charge on any atom is -0.480 e. The first kappa shape index (κ1) is 21.2. The molecule has 2 aromatic carbocycles. The normalized spacial score (nSPS) is 11.7. The Bertz CT molecular complexity index is 780. The molecular weight excluding hydrogens is 380 g/mol. The van der Waals surface area contributed by atoms with Gasteiger partial charge in [0, 0.05) is 0 Å². The van der Waals surface area contributed by atoms with E-state index in [9.17, 15) is 14.7 Å². The second kappa shape index (κ2) is 8.71. The number of hydrogen-bond donors (Lipinski definition) is 2. The van der Waals surface area contributed by atoms with Crippen LogP contribution >= 0.6 is 21.6 Å². The van der Waals surface area contributed by atoms with Crippen molar-refractivity contribution in [3.63, 3.8) is 0 Å². The van der Waals surface area contributed by atoms with Gasteiger partial charge in [0.25, 0.3) is 5.91 Å². The number of rotatable bonds is 8. The number of hydrogen-bond acceptors (Lipinski definition) is 5. The maximum Gasteiger partial charge on any atom is 0.320 e. The van der Waals surface area contributed by atoms with Crippen LogP contribution in [0.15, 0.2) is 60.7 Å². The Balaban J connectivity index is 2.25. The molecule has 0 saturated carbocycles. The highest BCUT2D eigenvalue weighted by Gasteiger charge is 2.38. The van der Waals surface area contributed by atoms with E-state index in [0.717, 1.165) is 5.69 Å². The summed E-state index contributed by atoms with van der Waals surface area (Å²) in [6.07, 6.45) is 0. The second-order valence-electron chi connectivity index (χ2n) is 6.95. The zero-order valence-corrected chi connectivity index (χ0v) is 17.4. The molecule has 0 aliphatic rings. The minimum atomic E-state index is -0.993. The molecule has 0 aromatic heterocycles. The van der Waals surface area contributed by atoms with Crippen LogP contribution in [0.2, 0.25) is 0 Å². The summed E-state index contributed by atoms with van der Waals surface area (Å²) in [6, 6.07) is 18.8. The molecule has 1 amide bonds. The molecule has 144 valence electrons. The molecule has 0 unspecified atom stereocenters. The predicted molar refractivity (Wildman–Crippen MR) is 115 cm³/mol. The fourth-order valence-electron chi connectivity index (χ4n) is 2.00. The zero-order chi connectivity index (χ0) is 20.1.